The Morgan fingerprint density at radius 3 is 2.11 bits per heavy atom. The second-order valence-corrected chi connectivity index (χ2v) is 5.52. The third-order valence-corrected chi connectivity index (χ3v) is 3.78. The van der Waals surface area contributed by atoms with Crippen LogP contribution < -0.4 is 10.2 Å². The zero-order chi connectivity index (χ0) is 13.7. The highest BCUT2D eigenvalue weighted by Gasteiger charge is 1.97. The molecule has 2 aromatic rings. The minimum atomic E-state index is 0.853. The summed E-state index contributed by atoms with van der Waals surface area (Å²) in [7, 11) is 4.11. The van der Waals surface area contributed by atoms with E-state index >= 15 is 0 Å². The first-order chi connectivity index (χ1) is 9.19. The Morgan fingerprint density at radius 1 is 0.947 bits per heavy atom. The van der Waals surface area contributed by atoms with Crippen molar-refractivity contribution in [2.45, 2.75) is 11.4 Å². The molecule has 0 saturated heterocycles. The van der Waals surface area contributed by atoms with Gasteiger partial charge in [0, 0.05) is 36.9 Å². The van der Waals surface area contributed by atoms with Gasteiger partial charge in [-0.25, -0.2) is 0 Å². The van der Waals surface area contributed by atoms with Gasteiger partial charge in [-0.3, -0.25) is 0 Å². The molecule has 0 unspecified atom stereocenters. The van der Waals surface area contributed by atoms with Crippen molar-refractivity contribution in [1.82, 2.24) is 0 Å². The maximum absolute atomic E-state index is 3.44. The Labute approximate surface area is 119 Å². The van der Waals surface area contributed by atoms with Gasteiger partial charge in [0.05, 0.1) is 0 Å². The summed E-state index contributed by atoms with van der Waals surface area (Å²) in [4.78, 5) is 3.40. The highest BCUT2D eigenvalue weighted by atomic mass is 32.2. The van der Waals surface area contributed by atoms with E-state index in [-0.39, 0.29) is 0 Å². The summed E-state index contributed by atoms with van der Waals surface area (Å²) in [5.74, 6) is 0. The van der Waals surface area contributed by atoms with E-state index in [1.54, 1.807) is 11.8 Å². The molecule has 100 valence electrons. The molecule has 0 aliphatic carbocycles. The number of hydrogen-bond acceptors (Lipinski definition) is 3. The Morgan fingerprint density at radius 2 is 1.58 bits per heavy atom. The number of thioether (sulfide) groups is 1. The summed E-state index contributed by atoms with van der Waals surface area (Å²) in [5, 5.41) is 3.44. The van der Waals surface area contributed by atoms with Crippen LogP contribution in [0.1, 0.15) is 5.56 Å². The lowest BCUT2D eigenvalue weighted by Gasteiger charge is -2.13. The normalized spacial score (nSPS) is 10.3. The molecule has 0 fully saturated rings. The number of anilines is 2. The van der Waals surface area contributed by atoms with Crippen molar-refractivity contribution in [2.24, 2.45) is 0 Å². The average Bonchev–Trinajstić information content (AvgIpc) is 2.46. The van der Waals surface area contributed by atoms with E-state index in [2.05, 4.69) is 79.1 Å². The van der Waals surface area contributed by atoms with Crippen LogP contribution in [0.2, 0.25) is 0 Å². The maximum atomic E-state index is 3.44. The van der Waals surface area contributed by atoms with E-state index in [0.717, 1.165) is 12.2 Å². The predicted octanol–water partition coefficient (Wildman–Crippen LogP) is 4.09. The monoisotopic (exact) mass is 272 g/mol. The highest BCUT2D eigenvalue weighted by molar-refractivity contribution is 7.98. The van der Waals surface area contributed by atoms with Gasteiger partial charge in [-0.15, -0.1) is 11.8 Å². The maximum Gasteiger partial charge on any atom is 0.0400 e. The van der Waals surface area contributed by atoms with Gasteiger partial charge in [0.15, 0.2) is 0 Å². The number of rotatable bonds is 5. The zero-order valence-corrected chi connectivity index (χ0v) is 12.5. The first-order valence-electron chi connectivity index (χ1n) is 6.33. The van der Waals surface area contributed by atoms with Crippen molar-refractivity contribution >= 4 is 23.1 Å². The number of nitrogens with zero attached hydrogens (tertiary/aromatic N) is 1. The fraction of sp³-hybridized carbons (Fsp3) is 0.250. The second-order valence-electron chi connectivity index (χ2n) is 4.64. The summed E-state index contributed by atoms with van der Waals surface area (Å²) < 4.78 is 0. The number of hydrogen-bond donors (Lipinski definition) is 1. The first kappa shape index (κ1) is 13.8. The van der Waals surface area contributed by atoms with E-state index in [9.17, 15) is 0 Å². The van der Waals surface area contributed by atoms with Crippen molar-refractivity contribution in [3.63, 3.8) is 0 Å². The van der Waals surface area contributed by atoms with E-state index in [4.69, 9.17) is 0 Å². The smallest absolute Gasteiger partial charge is 0.0400 e. The quantitative estimate of drug-likeness (QED) is 0.825. The zero-order valence-electron chi connectivity index (χ0n) is 11.7. The Balaban J connectivity index is 1.94. The molecular weight excluding hydrogens is 252 g/mol. The minimum Gasteiger partial charge on any atom is -0.381 e. The van der Waals surface area contributed by atoms with Gasteiger partial charge in [0.1, 0.15) is 0 Å². The summed E-state index contributed by atoms with van der Waals surface area (Å²) in [6.07, 6.45) is 2.09. The van der Waals surface area contributed by atoms with Crippen molar-refractivity contribution < 1.29 is 0 Å². The van der Waals surface area contributed by atoms with Crippen LogP contribution in [-0.2, 0) is 6.54 Å². The van der Waals surface area contributed by atoms with Crippen molar-refractivity contribution in [1.29, 1.82) is 0 Å². The minimum absolute atomic E-state index is 0.853. The molecule has 0 saturated carbocycles. The SMILES string of the molecule is CSc1ccc(NCc2ccc(N(C)C)cc2)cc1. The second kappa shape index (κ2) is 6.53. The lowest BCUT2D eigenvalue weighted by molar-refractivity contribution is 1.11. The lowest BCUT2D eigenvalue weighted by Crippen LogP contribution is -2.08. The molecular formula is C16H20N2S. The van der Waals surface area contributed by atoms with Crippen molar-refractivity contribution in [2.75, 3.05) is 30.6 Å². The fourth-order valence-electron chi connectivity index (χ4n) is 1.82. The van der Waals surface area contributed by atoms with E-state index in [0.29, 0.717) is 0 Å². The third kappa shape index (κ3) is 3.93. The molecule has 0 spiro atoms. The predicted molar refractivity (Wildman–Crippen MR) is 86.3 cm³/mol. The van der Waals surface area contributed by atoms with Gasteiger partial charge in [0.25, 0.3) is 0 Å². The van der Waals surface area contributed by atoms with Crippen LogP contribution in [0.3, 0.4) is 0 Å². The summed E-state index contributed by atoms with van der Waals surface area (Å²) >= 11 is 1.76. The van der Waals surface area contributed by atoms with E-state index in [1.807, 2.05) is 0 Å². The molecule has 2 aromatic carbocycles. The van der Waals surface area contributed by atoms with Crippen LogP contribution in [-0.4, -0.2) is 20.4 Å². The lowest BCUT2D eigenvalue weighted by atomic mass is 10.2. The van der Waals surface area contributed by atoms with Gasteiger partial charge in [-0.2, -0.15) is 0 Å². The largest absolute Gasteiger partial charge is 0.381 e. The van der Waals surface area contributed by atoms with Crippen LogP contribution in [0, 0.1) is 0 Å². The van der Waals surface area contributed by atoms with Gasteiger partial charge >= 0.3 is 0 Å². The van der Waals surface area contributed by atoms with Crippen LogP contribution in [0.4, 0.5) is 11.4 Å². The van der Waals surface area contributed by atoms with Crippen molar-refractivity contribution in [3.8, 4) is 0 Å². The van der Waals surface area contributed by atoms with Gasteiger partial charge in [-0.1, -0.05) is 12.1 Å². The molecule has 0 aliphatic rings. The van der Waals surface area contributed by atoms with Gasteiger partial charge < -0.3 is 10.2 Å². The van der Waals surface area contributed by atoms with Crippen LogP contribution >= 0.6 is 11.8 Å². The first-order valence-corrected chi connectivity index (χ1v) is 7.55. The summed E-state index contributed by atoms with van der Waals surface area (Å²) in [5.41, 5.74) is 3.68. The van der Waals surface area contributed by atoms with Gasteiger partial charge in [0.2, 0.25) is 0 Å². The average molecular weight is 272 g/mol. The molecule has 0 amide bonds. The van der Waals surface area contributed by atoms with Crippen LogP contribution in [0.15, 0.2) is 53.4 Å². The molecule has 0 bridgehead atoms. The topological polar surface area (TPSA) is 15.3 Å². The molecule has 0 atom stereocenters. The highest BCUT2D eigenvalue weighted by Crippen LogP contribution is 2.18. The number of benzene rings is 2. The van der Waals surface area contributed by atoms with Gasteiger partial charge in [-0.05, 0) is 48.2 Å². The molecule has 2 rings (SSSR count). The Bertz CT molecular complexity index is 503. The Hall–Kier alpha value is -1.61. The fourth-order valence-corrected chi connectivity index (χ4v) is 2.23. The molecule has 3 heteroatoms. The molecule has 0 aliphatic heterocycles. The molecule has 0 heterocycles. The van der Waals surface area contributed by atoms with Crippen LogP contribution in [0.5, 0.6) is 0 Å². The van der Waals surface area contributed by atoms with E-state index < -0.39 is 0 Å². The molecule has 2 nitrogen and oxygen atoms in total. The summed E-state index contributed by atoms with van der Waals surface area (Å²) in [6, 6.07) is 17.2. The Kier molecular flexibility index (Phi) is 4.74. The molecule has 1 N–H and O–H groups in total. The third-order valence-electron chi connectivity index (χ3n) is 3.04. The molecule has 0 radical (unpaired) electrons. The molecule has 19 heavy (non-hydrogen) atoms. The van der Waals surface area contributed by atoms with Crippen molar-refractivity contribution in [3.05, 3.63) is 54.1 Å². The standard InChI is InChI=1S/C16H20N2S/c1-18(2)15-8-4-13(5-9-15)12-17-14-6-10-16(19-3)11-7-14/h4-11,17H,12H2,1-3H3. The number of nitrogens with one attached hydrogen (secondary N) is 1. The van der Waals surface area contributed by atoms with E-state index in [1.165, 1.54) is 16.1 Å². The van der Waals surface area contributed by atoms with Crippen LogP contribution in [0.25, 0.3) is 0 Å². The summed E-state index contributed by atoms with van der Waals surface area (Å²) in [6.45, 7) is 0.853. The molecule has 0 aromatic heterocycles.